The average molecular weight is 227 g/mol. The topological polar surface area (TPSA) is 40.5 Å². The smallest absolute Gasteiger partial charge is 0.142 e. The number of hydrogen-bond donors (Lipinski definition) is 1. The Balaban J connectivity index is 2.48. The minimum atomic E-state index is -0.689. The van der Waals surface area contributed by atoms with Gasteiger partial charge in [0.1, 0.15) is 5.78 Å². The molecule has 0 radical (unpaired) electrons. The molecular formula is C13H25NO2. The van der Waals surface area contributed by atoms with E-state index in [2.05, 4.69) is 4.90 Å². The van der Waals surface area contributed by atoms with Crippen molar-refractivity contribution in [1.29, 1.82) is 0 Å². The van der Waals surface area contributed by atoms with Crippen LogP contribution in [0.1, 0.15) is 40.5 Å². The van der Waals surface area contributed by atoms with Gasteiger partial charge in [0.25, 0.3) is 0 Å². The van der Waals surface area contributed by atoms with Crippen molar-refractivity contribution < 1.29 is 9.90 Å². The standard InChI is InChI=1S/C13H25NO2/c1-12(2)7-6-10(11(12)15)8-14(5)9-13(3,4)16/h10,16H,6-9H2,1-5H3. The molecule has 0 aromatic rings. The number of aliphatic hydroxyl groups is 1. The molecule has 1 aliphatic carbocycles. The van der Waals surface area contributed by atoms with Crippen LogP contribution in [0.15, 0.2) is 0 Å². The zero-order valence-corrected chi connectivity index (χ0v) is 11.2. The van der Waals surface area contributed by atoms with Gasteiger partial charge in [0.15, 0.2) is 0 Å². The lowest BCUT2D eigenvalue weighted by Crippen LogP contribution is -2.40. The molecule has 0 amide bonds. The molecule has 0 spiro atoms. The quantitative estimate of drug-likeness (QED) is 0.794. The van der Waals surface area contributed by atoms with Gasteiger partial charge in [-0.1, -0.05) is 13.8 Å². The van der Waals surface area contributed by atoms with Crippen molar-refractivity contribution in [3.63, 3.8) is 0 Å². The fourth-order valence-electron chi connectivity index (χ4n) is 2.62. The van der Waals surface area contributed by atoms with Crippen LogP contribution in [0.4, 0.5) is 0 Å². The van der Waals surface area contributed by atoms with Crippen molar-refractivity contribution in [3.05, 3.63) is 0 Å². The lowest BCUT2D eigenvalue weighted by Gasteiger charge is -2.27. The van der Waals surface area contributed by atoms with Gasteiger partial charge < -0.3 is 10.0 Å². The normalized spacial score (nSPS) is 25.4. The van der Waals surface area contributed by atoms with Crippen LogP contribution in [0.5, 0.6) is 0 Å². The van der Waals surface area contributed by atoms with Crippen LogP contribution in [0.25, 0.3) is 0 Å². The summed E-state index contributed by atoms with van der Waals surface area (Å²) in [5.74, 6) is 0.539. The van der Waals surface area contributed by atoms with E-state index in [1.807, 2.05) is 20.9 Å². The summed E-state index contributed by atoms with van der Waals surface area (Å²) in [6.07, 6.45) is 1.98. The summed E-state index contributed by atoms with van der Waals surface area (Å²) >= 11 is 0. The van der Waals surface area contributed by atoms with Crippen molar-refractivity contribution in [2.24, 2.45) is 11.3 Å². The summed E-state index contributed by atoms with van der Waals surface area (Å²) < 4.78 is 0. The molecule has 1 N–H and O–H groups in total. The maximum Gasteiger partial charge on any atom is 0.142 e. The van der Waals surface area contributed by atoms with Crippen LogP contribution < -0.4 is 0 Å². The van der Waals surface area contributed by atoms with Gasteiger partial charge in [0, 0.05) is 24.4 Å². The maximum absolute atomic E-state index is 12.0. The number of nitrogens with zero attached hydrogens (tertiary/aromatic N) is 1. The fraction of sp³-hybridized carbons (Fsp3) is 0.923. The summed E-state index contributed by atoms with van der Waals surface area (Å²) in [4.78, 5) is 14.1. The number of ketones is 1. The molecule has 1 unspecified atom stereocenters. The first-order valence-electron chi connectivity index (χ1n) is 6.07. The SMILES string of the molecule is CN(CC1CCC(C)(C)C1=O)CC(C)(C)O. The molecule has 3 nitrogen and oxygen atoms in total. The molecule has 3 heteroatoms. The Labute approximate surface area is 98.8 Å². The van der Waals surface area contributed by atoms with E-state index in [1.165, 1.54) is 0 Å². The Hall–Kier alpha value is -0.410. The molecule has 1 rings (SSSR count). The third-order valence-corrected chi connectivity index (χ3v) is 3.34. The maximum atomic E-state index is 12.0. The highest BCUT2D eigenvalue weighted by Gasteiger charge is 2.40. The van der Waals surface area contributed by atoms with Gasteiger partial charge in [0.2, 0.25) is 0 Å². The zero-order valence-electron chi connectivity index (χ0n) is 11.2. The lowest BCUT2D eigenvalue weighted by molar-refractivity contribution is -0.128. The minimum Gasteiger partial charge on any atom is -0.389 e. The summed E-state index contributed by atoms with van der Waals surface area (Å²) in [6, 6.07) is 0. The third-order valence-electron chi connectivity index (χ3n) is 3.34. The Kier molecular flexibility index (Phi) is 3.80. The Morgan fingerprint density at radius 1 is 1.50 bits per heavy atom. The summed E-state index contributed by atoms with van der Waals surface area (Å²) in [5, 5.41) is 9.70. The van der Waals surface area contributed by atoms with Crippen molar-refractivity contribution in [1.82, 2.24) is 4.90 Å². The molecule has 0 aliphatic heterocycles. The monoisotopic (exact) mass is 227 g/mol. The number of likely N-dealkylation sites (N-methyl/N-ethyl adjacent to an activating group) is 1. The molecule has 0 heterocycles. The van der Waals surface area contributed by atoms with Crippen LogP contribution in [-0.4, -0.2) is 41.5 Å². The molecule has 1 saturated carbocycles. The van der Waals surface area contributed by atoms with E-state index in [1.54, 1.807) is 13.8 Å². The van der Waals surface area contributed by atoms with E-state index in [-0.39, 0.29) is 11.3 Å². The molecule has 1 fully saturated rings. The second kappa shape index (κ2) is 4.46. The average Bonchev–Trinajstić information content (AvgIpc) is 2.28. The molecule has 1 aliphatic rings. The van der Waals surface area contributed by atoms with Crippen LogP contribution in [0.3, 0.4) is 0 Å². The molecule has 0 saturated heterocycles. The molecule has 1 atom stereocenters. The molecular weight excluding hydrogens is 202 g/mol. The van der Waals surface area contributed by atoms with Crippen molar-refractivity contribution in [2.45, 2.75) is 46.1 Å². The van der Waals surface area contributed by atoms with Crippen molar-refractivity contribution in [3.8, 4) is 0 Å². The third kappa shape index (κ3) is 3.56. The first-order chi connectivity index (χ1) is 7.12. The van der Waals surface area contributed by atoms with Crippen LogP contribution in [0.2, 0.25) is 0 Å². The minimum absolute atomic E-state index is 0.139. The van der Waals surface area contributed by atoms with E-state index < -0.39 is 5.60 Å². The van der Waals surface area contributed by atoms with Crippen molar-refractivity contribution in [2.75, 3.05) is 20.1 Å². The van der Waals surface area contributed by atoms with E-state index in [4.69, 9.17) is 0 Å². The number of Topliss-reactive ketones (excluding diaryl/α,β-unsaturated/α-hetero) is 1. The number of carbonyl (C=O) groups excluding carboxylic acids is 1. The molecule has 94 valence electrons. The molecule has 0 bridgehead atoms. The largest absolute Gasteiger partial charge is 0.389 e. The summed E-state index contributed by atoms with van der Waals surface area (Å²) in [7, 11) is 1.97. The Bertz CT molecular complexity index is 266. The Morgan fingerprint density at radius 3 is 2.44 bits per heavy atom. The van der Waals surface area contributed by atoms with Gasteiger partial charge in [-0.3, -0.25) is 4.79 Å². The van der Waals surface area contributed by atoms with E-state index >= 15 is 0 Å². The lowest BCUT2D eigenvalue weighted by atomic mass is 9.89. The number of rotatable bonds is 4. The predicted octanol–water partition coefficient (Wildman–Crippen LogP) is 1.69. The highest BCUT2D eigenvalue weighted by molar-refractivity contribution is 5.88. The van der Waals surface area contributed by atoms with Crippen LogP contribution in [0, 0.1) is 11.3 Å². The van der Waals surface area contributed by atoms with Crippen molar-refractivity contribution >= 4 is 5.78 Å². The van der Waals surface area contributed by atoms with E-state index in [0.717, 1.165) is 19.4 Å². The van der Waals surface area contributed by atoms with Gasteiger partial charge in [0.05, 0.1) is 5.60 Å². The first-order valence-corrected chi connectivity index (χ1v) is 6.07. The van der Waals surface area contributed by atoms with Gasteiger partial charge >= 0.3 is 0 Å². The molecule has 0 aromatic heterocycles. The molecule has 0 aromatic carbocycles. The van der Waals surface area contributed by atoms with Gasteiger partial charge in [-0.2, -0.15) is 0 Å². The summed E-state index contributed by atoms with van der Waals surface area (Å²) in [6.45, 7) is 9.04. The van der Waals surface area contributed by atoms with Crippen LogP contribution in [-0.2, 0) is 4.79 Å². The van der Waals surface area contributed by atoms with Gasteiger partial charge in [-0.05, 0) is 33.7 Å². The number of carbonyl (C=O) groups is 1. The summed E-state index contributed by atoms with van der Waals surface area (Å²) in [5.41, 5.74) is -0.827. The highest BCUT2D eigenvalue weighted by Crippen LogP contribution is 2.37. The van der Waals surface area contributed by atoms with Gasteiger partial charge in [-0.25, -0.2) is 0 Å². The predicted molar refractivity (Wildman–Crippen MR) is 65.3 cm³/mol. The first kappa shape index (κ1) is 13.7. The second-order valence-corrected chi connectivity index (χ2v) is 6.49. The van der Waals surface area contributed by atoms with E-state index in [9.17, 15) is 9.90 Å². The Morgan fingerprint density at radius 2 is 2.06 bits per heavy atom. The highest BCUT2D eigenvalue weighted by atomic mass is 16.3. The number of hydrogen-bond acceptors (Lipinski definition) is 3. The zero-order chi connectivity index (χ0) is 12.6. The van der Waals surface area contributed by atoms with Crippen LogP contribution >= 0.6 is 0 Å². The van der Waals surface area contributed by atoms with E-state index in [0.29, 0.717) is 12.3 Å². The second-order valence-electron chi connectivity index (χ2n) is 6.49. The molecule has 16 heavy (non-hydrogen) atoms. The van der Waals surface area contributed by atoms with Gasteiger partial charge in [-0.15, -0.1) is 0 Å². The fourth-order valence-corrected chi connectivity index (χ4v) is 2.62.